The van der Waals surface area contributed by atoms with E-state index in [0.29, 0.717) is 11.6 Å². The lowest BCUT2D eigenvalue weighted by Gasteiger charge is -2.18. The van der Waals surface area contributed by atoms with Crippen molar-refractivity contribution in [2.45, 2.75) is 33.0 Å². The average Bonchev–Trinajstić information content (AvgIpc) is 2.88. The standard InChI is InChI=1S/C15H18N2O2/c1-9(2)17-6-10-4-12-13(15(18)19)8-16(3)14(12)5-11(10)7-17/h4-5,8-9H,6-7H2,1-3H3,(H,18,19). The minimum atomic E-state index is -0.857. The van der Waals surface area contributed by atoms with Gasteiger partial charge < -0.3 is 9.67 Å². The van der Waals surface area contributed by atoms with E-state index in [1.54, 1.807) is 6.20 Å². The molecule has 100 valence electrons. The summed E-state index contributed by atoms with van der Waals surface area (Å²) in [6.45, 7) is 6.25. The molecule has 3 rings (SSSR count). The number of carboxylic acids is 1. The molecule has 0 saturated heterocycles. The first-order valence-electron chi connectivity index (χ1n) is 6.55. The monoisotopic (exact) mass is 258 g/mol. The maximum absolute atomic E-state index is 11.3. The van der Waals surface area contributed by atoms with Crippen LogP contribution in [0.15, 0.2) is 18.3 Å². The van der Waals surface area contributed by atoms with E-state index in [0.717, 1.165) is 24.0 Å². The lowest BCUT2D eigenvalue weighted by Crippen LogP contribution is -2.24. The van der Waals surface area contributed by atoms with E-state index in [9.17, 15) is 9.90 Å². The van der Waals surface area contributed by atoms with Gasteiger partial charge in [0.05, 0.1) is 5.56 Å². The van der Waals surface area contributed by atoms with E-state index in [1.165, 1.54) is 11.1 Å². The van der Waals surface area contributed by atoms with Crippen LogP contribution in [0.25, 0.3) is 10.9 Å². The lowest BCUT2D eigenvalue weighted by molar-refractivity contribution is 0.0699. The Balaban J connectivity index is 2.15. The summed E-state index contributed by atoms with van der Waals surface area (Å²) in [5, 5.41) is 10.1. The number of hydrogen-bond donors (Lipinski definition) is 1. The number of aromatic nitrogens is 1. The quantitative estimate of drug-likeness (QED) is 0.900. The van der Waals surface area contributed by atoms with Crippen molar-refractivity contribution in [1.29, 1.82) is 0 Å². The fourth-order valence-corrected chi connectivity index (χ4v) is 2.84. The van der Waals surface area contributed by atoms with Gasteiger partial charge in [-0.1, -0.05) is 0 Å². The Kier molecular flexibility index (Phi) is 2.64. The molecule has 1 aromatic heterocycles. The number of benzene rings is 1. The van der Waals surface area contributed by atoms with E-state index in [1.807, 2.05) is 11.6 Å². The summed E-state index contributed by atoms with van der Waals surface area (Å²) in [7, 11) is 1.90. The van der Waals surface area contributed by atoms with Crippen molar-refractivity contribution in [3.8, 4) is 0 Å². The van der Waals surface area contributed by atoms with E-state index >= 15 is 0 Å². The van der Waals surface area contributed by atoms with Gasteiger partial charge in [-0.3, -0.25) is 4.90 Å². The molecule has 0 bridgehead atoms. The Morgan fingerprint density at radius 1 is 1.26 bits per heavy atom. The molecule has 0 radical (unpaired) electrons. The molecule has 0 amide bonds. The average molecular weight is 258 g/mol. The van der Waals surface area contributed by atoms with Crippen LogP contribution in [0.1, 0.15) is 35.3 Å². The first-order valence-corrected chi connectivity index (χ1v) is 6.55. The number of nitrogens with zero attached hydrogens (tertiary/aromatic N) is 2. The number of carbonyl (C=O) groups is 1. The van der Waals surface area contributed by atoms with Gasteiger partial charge in [-0.2, -0.15) is 0 Å². The highest BCUT2D eigenvalue weighted by Crippen LogP contribution is 2.31. The molecule has 2 aromatic rings. The third-order valence-corrected chi connectivity index (χ3v) is 4.02. The summed E-state index contributed by atoms with van der Waals surface area (Å²) in [6.07, 6.45) is 1.70. The van der Waals surface area contributed by atoms with Crippen LogP contribution in [0, 0.1) is 0 Å². The van der Waals surface area contributed by atoms with Crippen molar-refractivity contribution in [2.24, 2.45) is 7.05 Å². The van der Waals surface area contributed by atoms with Crippen LogP contribution in [-0.2, 0) is 20.1 Å². The number of fused-ring (bicyclic) bond motifs is 2. The molecule has 0 saturated carbocycles. The third-order valence-electron chi connectivity index (χ3n) is 4.02. The van der Waals surface area contributed by atoms with Crippen LogP contribution in [0.2, 0.25) is 0 Å². The SMILES string of the molecule is CC(C)N1Cc2cc3c(C(=O)O)cn(C)c3cc2C1. The molecule has 4 heteroatoms. The molecule has 0 fully saturated rings. The fourth-order valence-electron chi connectivity index (χ4n) is 2.84. The lowest BCUT2D eigenvalue weighted by atomic mass is 10.1. The molecule has 0 spiro atoms. The van der Waals surface area contributed by atoms with Crippen molar-refractivity contribution in [3.05, 3.63) is 35.0 Å². The predicted octanol–water partition coefficient (Wildman–Crippen LogP) is 2.60. The van der Waals surface area contributed by atoms with E-state index < -0.39 is 5.97 Å². The molecule has 0 aliphatic carbocycles. The first kappa shape index (κ1) is 12.2. The second-order valence-corrected chi connectivity index (χ2v) is 5.60. The summed E-state index contributed by atoms with van der Waals surface area (Å²) in [5.41, 5.74) is 3.97. The van der Waals surface area contributed by atoms with Crippen molar-refractivity contribution < 1.29 is 9.90 Å². The van der Waals surface area contributed by atoms with E-state index in [-0.39, 0.29) is 0 Å². The molecule has 0 unspecified atom stereocenters. The van der Waals surface area contributed by atoms with Gasteiger partial charge in [0.25, 0.3) is 0 Å². The van der Waals surface area contributed by atoms with Crippen LogP contribution in [-0.4, -0.2) is 26.6 Å². The van der Waals surface area contributed by atoms with Gasteiger partial charge in [-0.05, 0) is 37.1 Å². The second kappa shape index (κ2) is 4.10. The van der Waals surface area contributed by atoms with Crippen LogP contribution in [0.4, 0.5) is 0 Å². The summed E-state index contributed by atoms with van der Waals surface area (Å²) < 4.78 is 1.90. The molecular weight excluding hydrogens is 240 g/mol. The highest BCUT2D eigenvalue weighted by atomic mass is 16.4. The van der Waals surface area contributed by atoms with Gasteiger partial charge in [-0.15, -0.1) is 0 Å². The Morgan fingerprint density at radius 3 is 2.47 bits per heavy atom. The summed E-state index contributed by atoms with van der Waals surface area (Å²) in [5.74, 6) is -0.857. The minimum absolute atomic E-state index is 0.392. The molecule has 1 aliphatic rings. The Labute approximate surface area is 112 Å². The molecule has 1 aromatic carbocycles. The van der Waals surface area contributed by atoms with Gasteiger partial charge in [0.2, 0.25) is 0 Å². The molecule has 4 nitrogen and oxygen atoms in total. The molecule has 1 N–H and O–H groups in total. The first-order chi connectivity index (χ1) is 8.97. The van der Waals surface area contributed by atoms with Crippen molar-refractivity contribution >= 4 is 16.9 Å². The van der Waals surface area contributed by atoms with Crippen LogP contribution >= 0.6 is 0 Å². The Hall–Kier alpha value is -1.81. The van der Waals surface area contributed by atoms with Crippen LogP contribution in [0.5, 0.6) is 0 Å². The van der Waals surface area contributed by atoms with Crippen LogP contribution < -0.4 is 0 Å². The zero-order chi connectivity index (χ0) is 13.7. The zero-order valence-electron chi connectivity index (χ0n) is 11.5. The fraction of sp³-hybridized carbons (Fsp3) is 0.400. The smallest absolute Gasteiger partial charge is 0.337 e. The molecule has 0 atom stereocenters. The molecular formula is C15H18N2O2. The van der Waals surface area contributed by atoms with Crippen molar-refractivity contribution in [3.63, 3.8) is 0 Å². The normalized spacial score (nSPS) is 15.4. The third kappa shape index (κ3) is 1.83. The summed E-state index contributed by atoms with van der Waals surface area (Å²) in [6, 6.07) is 4.70. The maximum Gasteiger partial charge on any atom is 0.337 e. The molecule has 19 heavy (non-hydrogen) atoms. The molecule has 1 aliphatic heterocycles. The van der Waals surface area contributed by atoms with E-state index in [4.69, 9.17) is 0 Å². The highest BCUT2D eigenvalue weighted by molar-refractivity contribution is 6.03. The zero-order valence-corrected chi connectivity index (χ0v) is 11.5. The highest BCUT2D eigenvalue weighted by Gasteiger charge is 2.23. The maximum atomic E-state index is 11.3. The van der Waals surface area contributed by atoms with Crippen molar-refractivity contribution in [1.82, 2.24) is 9.47 Å². The predicted molar refractivity (Wildman–Crippen MR) is 74.3 cm³/mol. The van der Waals surface area contributed by atoms with Gasteiger partial charge in [0, 0.05) is 43.3 Å². The number of rotatable bonds is 2. The van der Waals surface area contributed by atoms with Crippen LogP contribution in [0.3, 0.4) is 0 Å². The van der Waals surface area contributed by atoms with Gasteiger partial charge in [0.1, 0.15) is 0 Å². The van der Waals surface area contributed by atoms with Crippen molar-refractivity contribution in [2.75, 3.05) is 0 Å². The largest absolute Gasteiger partial charge is 0.478 e. The van der Waals surface area contributed by atoms with Gasteiger partial charge in [-0.25, -0.2) is 4.79 Å². The number of carboxylic acid groups (broad SMARTS) is 1. The second-order valence-electron chi connectivity index (χ2n) is 5.60. The molecule has 2 heterocycles. The number of aryl methyl sites for hydroxylation is 1. The van der Waals surface area contributed by atoms with Gasteiger partial charge >= 0.3 is 5.97 Å². The van der Waals surface area contributed by atoms with E-state index in [2.05, 4.69) is 30.9 Å². The number of hydrogen-bond acceptors (Lipinski definition) is 2. The minimum Gasteiger partial charge on any atom is -0.478 e. The summed E-state index contributed by atoms with van der Waals surface area (Å²) >= 11 is 0. The Morgan fingerprint density at radius 2 is 1.89 bits per heavy atom. The topological polar surface area (TPSA) is 45.5 Å². The summed E-state index contributed by atoms with van der Waals surface area (Å²) in [4.78, 5) is 13.7. The van der Waals surface area contributed by atoms with Gasteiger partial charge in [0.15, 0.2) is 0 Å². The number of aromatic carboxylic acids is 1. The Bertz CT molecular complexity index is 670.